The molecule has 2 aromatic rings. The second-order valence-corrected chi connectivity index (χ2v) is 6.69. The van der Waals surface area contributed by atoms with Crippen LogP contribution >= 0.6 is 23.2 Å². The van der Waals surface area contributed by atoms with E-state index in [1.807, 2.05) is 24.3 Å². The van der Waals surface area contributed by atoms with Crippen LogP contribution in [0, 0.1) is 0 Å². The van der Waals surface area contributed by atoms with E-state index in [0.717, 1.165) is 17.7 Å². The maximum atomic E-state index is 12.0. The summed E-state index contributed by atoms with van der Waals surface area (Å²) < 4.78 is 0. The first-order valence-corrected chi connectivity index (χ1v) is 8.48. The van der Waals surface area contributed by atoms with E-state index in [1.54, 1.807) is 18.2 Å². The predicted octanol–water partition coefficient (Wildman–Crippen LogP) is 2.97. The van der Waals surface area contributed by atoms with E-state index < -0.39 is 0 Å². The van der Waals surface area contributed by atoms with Crippen molar-refractivity contribution in [1.29, 1.82) is 0 Å². The predicted molar refractivity (Wildman–Crippen MR) is 100 cm³/mol. The molecule has 0 saturated heterocycles. The Balaban J connectivity index is 1.96. The Morgan fingerprint density at radius 1 is 1.08 bits per heavy atom. The molecule has 0 heterocycles. The van der Waals surface area contributed by atoms with Gasteiger partial charge in [0.05, 0.1) is 24.1 Å². The smallest absolute Gasteiger partial charge is 0.244 e. The first-order chi connectivity index (χ1) is 11.5. The number of hydrogen-bond acceptors (Lipinski definition) is 1. The minimum absolute atomic E-state index is 0.145. The standard InChI is InChI=1S/C19H20Cl2N2O/c1-23(2)13-16-6-4-3-5-15(16)12-22-19(24)10-8-14-7-9-17(20)18(21)11-14/h3-11H,12-13H2,1-2H3,(H,22,24)/p+1/b10-8+. The van der Waals surface area contributed by atoms with Gasteiger partial charge in [-0.1, -0.05) is 53.5 Å². The average Bonchev–Trinajstić information content (AvgIpc) is 2.54. The van der Waals surface area contributed by atoms with Crippen molar-refractivity contribution in [3.8, 4) is 0 Å². The maximum Gasteiger partial charge on any atom is 0.244 e. The lowest BCUT2D eigenvalue weighted by Crippen LogP contribution is -3.04. The molecule has 0 aliphatic rings. The molecule has 3 nitrogen and oxygen atoms in total. The first kappa shape index (κ1) is 18.5. The van der Waals surface area contributed by atoms with Crippen LogP contribution in [0.1, 0.15) is 16.7 Å². The summed E-state index contributed by atoms with van der Waals surface area (Å²) in [5.41, 5.74) is 3.21. The zero-order chi connectivity index (χ0) is 17.5. The lowest BCUT2D eigenvalue weighted by Gasteiger charge is -2.12. The molecule has 0 aliphatic heterocycles. The van der Waals surface area contributed by atoms with Crippen LogP contribution in [0.25, 0.3) is 6.08 Å². The fraction of sp³-hybridized carbons (Fsp3) is 0.211. The van der Waals surface area contributed by atoms with Crippen molar-refractivity contribution in [2.45, 2.75) is 13.1 Å². The van der Waals surface area contributed by atoms with Gasteiger partial charge in [0.25, 0.3) is 0 Å². The Bertz CT molecular complexity index is 742. The Kier molecular flexibility index (Phi) is 6.85. The monoisotopic (exact) mass is 363 g/mol. The summed E-state index contributed by atoms with van der Waals surface area (Å²) in [4.78, 5) is 13.4. The van der Waals surface area contributed by atoms with Gasteiger partial charge in [-0.2, -0.15) is 0 Å². The summed E-state index contributed by atoms with van der Waals surface area (Å²) in [5, 5.41) is 3.88. The molecule has 0 fully saturated rings. The van der Waals surface area contributed by atoms with Gasteiger partial charge in [0.1, 0.15) is 6.54 Å². The van der Waals surface area contributed by atoms with Crippen molar-refractivity contribution in [2.75, 3.05) is 14.1 Å². The zero-order valence-electron chi connectivity index (χ0n) is 13.8. The molecule has 0 aromatic heterocycles. The van der Waals surface area contributed by atoms with Crippen LogP contribution in [0.15, 0.2) is 48.5 Å². The molecule has 0 spiro atoms. The lowest BCUT2D eigenvalue weighted by atomic mass is 10.1. The molecule has 2 aromatic carbocycles. The van der Waals surface area contributed by atoms with Gasteiger partial charge >= 0.3 is 0 Å². The molecule has 0 radical (unpaired) electrons. The minimum atomic E-state index is -0.145. The topological polar surface area (TPSA) is 33.5 Å². The van der Waals surface area contributed by atoms with Crippen LogP contribution in [0.2, 0.25) is 10.0 Å². The molecule has 0 unspecified atom stereocenters. The number of halogens is 2. The molecule has 2 N–H and O–H groups in total. The molecule has 0 aliphatic carbocycles. The SMILES string of the molecule is C[NH+](C)Cc1ccccc1CNC(=O)/C=C/c1ccc(Cl)c(Cl)c1. The highest BCUT2D eigenvalue weighted by Gasteiger charge is 2.06. The second kappa shape index (κ2) is 8.88. The molecular formula is C19H21Cl2N2O+. The van der Waals surface area contributed by atoms with Crippen molar-refractivity contribution in [3.63, 3.8) is 0 Å². The number of quaternary nitrogens is 1. The Labute approximate surface area is 152 Å². The minimum Gasteiger partial charge on any atom is -0.348 e. The molecule has 24 heavy (non-hydrogen) atoms. The Hall–Kier alpha value is -1.81. The molecule has 0 atom stereocenters. The molecule has 2 rings (SSSR count). The maximum absolute atomic E-state index is 12.0. The van der Waals surface area contributed by atoms with Gasteiger partial charge in [-0.3, -0.25) is 4.79 Å². The number of hydrogen-bond donors (Lipinski definition) is 2. The fourth-order valence-corrected chi connectivity index (χ4v) is 2.62. The van der Waals surface area contributed by atoms with Crippen LogP contribution in [-0.4, -0.2) is 20.0 Å². The summed E-state index contributed by atoms with van der Waals surface area (Å²) in [6.45, 7) is 1.43. The number of nitrogens with one attached hydrogen (secondary N) is 2. The Morgan fingerprint density at radius 3 is 2.46 bits per heavy atom. The van der Waals surface area contributed by atoms with Gasteiger partial charge in [-0.05, 0) is 29.3 Å². The molecule has 1 amide bonds. The summed E-state index contributed by atoms with van der Waals surface area (Å²) in [6, 6.07) is 13.4. The quantitative estimate of drug-likeness (QED) is 0.760. The highest BCUT2D eigenvalue weighted by Crippen LogP contribution is 2.23. The summed E-state index contributed by atoms with van der Waals surface area (Å²) >= 11 is 11.8. The number of rotatable bonds is 6. The van der Waals surface area contributed by atoms with Crippen molar-refractivity contribution >= 4 is 35.2 Å². The van der Waals surface area contributed by atoms with Crippen LogP contribution in [0.5, 0.6) is 0 Å². The van der Waals surface area contributed by atoms with Crippen molar-refractivity contribution in [2.24, 2.45) is 0 Å². The van der Waals surface area contributed by atoms with E-state index in [-0.39, 0.29) is 5.91 Å². The lowest BCUT2D eigenvalue weighted by molar-refractivity contribution is -0.872. The zero-order valence-corrected chi connectivity index (χ0v) is 15.3. The summed E-state index contributed by atoms with van der Waals surface area (Å²) in [6.07, 6.45) is 3.22. The number of carbonyl (C=O) groups excluding carboxylic acids is 1. The highest BCUT2D eigenvalue weighted by molar-refractivity contribution is 6.42. The van der Waals surface area contributed by atoms with Crippen LogP contribution in [-0.2, 0) is 17.9 Å². The third kappa shape index (κ3) is 5.68. The molecule has 126 valence electrons. The van der Waals surface area contributed by atoms with E-state index in [4.69, 9.17) is 23.2 Å². The van der Waals surface area contributed by atoms with E-state index in [1.165, 1.54) is 16.5 Å². The summed E-state index contributed by atoms with van der Waals surface area (Å²) in [7, 11) is 4.21. The second-order valence-electron chi connectivity index (χ2n) is 5.88. The van der Waals surface area contributed by atoms with Crippen LogP contribution in [0.3, 0.4) is 0 Å². The van der Waals surface area contributed by atoms with Crippen LogP contribution in [0.4, 0.5) is 0 Å². The van der Waals surface area contributed by atoms with Gasteiger partial charge < -0.3 is 10.2 Å². The number of benzene rings is 2. The van der Waals surface area contributed by atoms with E-state index in [2.05, 4.69) is 25.5 Å². The van der Waals surface area contributed by atoms with Crippen molar-refractivity contribution in [3.05, 3.63) is 75.3 Å². The number of amides is 1. The largest absolute Gasteiger partial charge is 0.348 e. The van der Waals surface area contributed by atoms with Crippen LogP contribution < -0.4 is 10.2 Å². The third-order valence-electron chi connectivity index (χ3n) is 3.49. The highest BCUT2D eigenvalue weighted by atomic mass is 35.5. The van der Waals surface area contributed by atoms with E-state index in [9.17, 15) is 4.79 Å². The van der Waals surface area contributed by atoms with Crippen molar-refractivity contribution in [1.82, 2.24) is 5.32 Å². The van der Waals surface area contributed by atoms with E-state index in [0.29, 0.717) is 16.6 Å². The average molecular weight is 364 g/mol. The molecule has 5 heteroatoms. The van der Waals surface area contributed by atoms with Gasteiger partial charge in [0.2, 0.25) is 5.91 Å². The van der Waals surface area contributed by atoms with Gasteiger partial charge in [0.15, 0.2) is 0 Å². The fourth-order valence-electron chi connectivity index (χ4n) is 2.31. The summed E-state index contributed by atoms with van der Waals surface area (Å²) in [5.74, 6) is -0.145. The van der Waals surface area contributed by atoms with Gasteiger partial charge in [-0.25, -0.2) is 0 Å². The Morgan fingerprint density at radius 2 is 1.79 bits per heavy atom. The molecule has 0 bridgehead atoms. The normalized spacial score (nSPS) is 11.2. The first-order valence-electron chi connectivity index (χ1n) is 7.72. The molecule has 0 saturated carbocycles. The molecular weight excluding hydrogens is 343 g/mol. The number of carbonyl (C=O) groups is 1. The van der Waals surface area contributed by atoms with Gasteiger partial charge in [-0.15, -0.1) is 0 Å². The van der Waals surface area contributed by atoms with Gasteiger partial charge in [0, 0.05) is 18.2 Å². The third-order valence-corrected chi connectivity index (χ3v) is 4.23. The van der Waals surface area contributed by atoms with E-state index >= 15 is 0 Å². The van der Waals surface area contributed by atoms with Crippen molar-refractivity contribution < 1.29 is 9.69 Å².